The van der Waals surface area contributed by atoms with E-state index in [1.54, 1.807) is 24.3 Å². The van der Waals surface area contributed by atoms with Crippen LogP contribution in [0.1, 0.15) is 17.3 Å². The average Bonchev–Trinajstić information content (AvgIpc) is 2.18. The van der Waals surface area contributed by atoms with Crippen LogP contribution >= 0.6 is 0 Å². The molecule has 0 heterocycles. The lowest BCUT2D eigenvalue weighted by atomic mass is 10.2. The van der Waals surface area contributed by atoms with Gasteiger partial charge in [0.25, 0.3) is 5.91 Å². The van der Waals surface area contributed by atoms with Gasteiger partial charge < -0.3 is 10.5 Å². The third kappa shape index (κ3) is 3.30. The first kappa shape index (κ1) is 11.0. The Bertz CT molecular complexity index is 359. The minimum atomic E-state index is -0.867. The first-order valence-corrected chi connectivity index (χ1v) is 4.47. The molecule has 3 amide bonds. The summed E-state index contributed by atoms with van der Waals surface area (Å²) in [7, 11) is 0. The number of amides is 3. The molecule has 0 fully saturated rings. The van der Waals surface area contributed by atoms with Crippen LogP contribution in [0.3, 0.4) is 0 Å². The summed E-state index contributed by atoms with van der Waals surface area (Å²) in [6, 6.07) is 5.56. The minimum Gasteiger partial charge on any atom is -0.494 e. The molecule has 80 valence electrons. The largest absolute Gasteiger partial charge is 0.494 e. The highest BCUT2D eigenvalue weighted by atomic mass is 16.5. The molecule has 1 aromatic carbocycles. The summed E-state index contributed by atoms with van der Waals surface area (Å²) < 4.78 is 5.20. The van der Waals surface area contributed by atoms with Gasteiger partial charge >= 0.3 is 6.03 Å². The Labute approximate surface area is 87.2 Å². The number of hydrogen-bond donors (Lipinski definition) is 2. The van der Waals surface area contributed by atoms with Crippen LogP contribution in [0.5, 0.6) is 5.75 Å². The van der Waals surface area contributed by atoms with Gasteiger partial charge in [-0.2, -0.15) is 0 Å². The lowest BCUT2D eigenvalue weighted by molar-refractivity contribution is 0.0966. The molecule has 0 aliphatic heterocycles. The summed E-state index contributed by atoms with van der Waals surface area (Å²) in [5.41, 5.74) is 5.17. The Balaban J connectivity index is 2.71. The highest BCUT2D eigenvalue weighted by Crippen LogP contribution is 2.11. The monoisotopic (exact) mass is 208 g/mol. The van der Waals surface area contributed by atoms with Gasteiger partial charge in [-0.05, 0) is 31.2 Å². The number of carbonyl (C=O) groups excluding carboxylic acids is 2. The number of nitrogens with two attached hydrogens (primary N) is 1. The smallest absolute Gasteiger partial charge is 0.319 e. The van der Waals surface area contributed by atoms with E-state index in [1.165, 1.54) is 0 Å². The quantitative estimate of drug-likeness (QED) is 0.774. The molecule has 5 heteroatoms. The van der Waals surface area contributed by atoms with Crippen molar-refractivity contribution in [2.75, 3.05) is 6.61 Å². The van der Waals surface area contributed by atoms with Gasteiger partial charge in [-0.3, -0.25) is 10.1 Å². The lowest BCUT2D eigenvalue weighted by Gasteiger charge is -2.04. The van der Waals surface area contributed by atoms with E-state index in [0.29, 0.717) is 17.9 Å². The molecule has 1 rings (SSSR count). The Morgan fingerprint density at radius 1 is 1.33 bits per heavy atom. The maximum absolute atomic E-state index is 11.3. The molecule has 0 unspecified atom stereocenters. The number of carbonyl (C=O) groups is 2. The van der Waals surface area contributed by atoms with Crippen molar-refractivity contribution in [1.82, 2.24) is 5.32 Å². The zero-order valence-corrected chi connectivity index (χ0v) is 8.32. The topological polar surface area (TPSA) is 81.4 Å². The van der Waals surface area contributed by atoms with E-state index in [1.807, 2.05) is 12.2 Å². The van der Waals surface area contributed by atoms with Gasteiger partial charge in [-0.15, -0.1) is 0 Å². The maximum atomic E-state index is 11.3. The van der Waals surface area contributed by atoms with Crippen molar-refractivity contribution in [3.8, 4) is 5.75 Å². The second kappa shape index (κ2) is 4.99. The van der Waals surface area contributed by atoms with E-state index in [-0.39, 0.29) is 0 Å². The molecule has 0 aliphatic carbocycles. The molecule has 1 aromatic rings. The number of imide groups is 1. The minimum absolute atomic E-state index is 0.359. The van der Waals surface area contributed by atoms with Crippen LogP contribution in [0.25, 0.3) is 0 Å². The Morgan fingerprint density at radius 3 is 2.40 bits per heavy atom. The number of ether oxygens (including phenoxy) is 1. The zero-order chi connectivity index (χ0) is 11.3. The normalized spacial score (nSPS) is 9.40. The highest BCUT2D eigenvalue weighted by molar-refractivity contribution is 6.03. The summed E-state index contributed by atoms with van der Waals surface area (Å²) >= 11 is 0. The van der Waals surface area contributed by atoms with Gasteiger partial charge in [-0.1, -0.05) is 0 Å². The number of hydrogen-bond acceptors (Lipinski definition) is 3. The summed E-state index contributed by atoms with van der Waals surface area (Å²) in [6.07, 6.45) is 0. The van der Waals surface area contributed by atoms with Crippen molar-refractivity contribution < 1.29 is 14.3 Å². The number of rotatable bonds is 3. The van der Waals surface area contributed by atoms with E-state index >= 15 is 0 Å². The van der Waals surface area contributed by atoms with Crippen molar-refractivity contribution in [2.45, 2.75) is 6.92 Å². The molecule has 0 saturated carbocycles. The van der Waals surface area contributed by atoms with Crippen LogP contribution in [0.15, 0.2) is 24.3 Å². The predicted octanol–water partition coefficient (Wildman–Crippen LogP) is 0.894. The third-order valence-corrected chi connectivity index (χ3v) is 1.66. The van der Waals surface area contributed by atoms with Gasteiger partial charge in [0, 0.05) is 5.56 Å². The molecule has 0 saturated heterocycles. The van der Waals surface area contributed by atoms with Crippen molar-refractivity contribution in [3.63, 3.8) is 0 Å². The molecular formula is C10H12N2O3. The van der Waals surface area contributed by atoms with E-state index in [9.17, 15) is 9.59 Å². The molecule has 0 bridgehead atoms. The number of benzene rings is 1. The van der Waals surface area contributed by atoms with Crippen LogP contribution in [0.4, 0.5) is 4.79 Å². The molecule has 15 heavy (non-hydrogen) atoms. The van der Waals surface area contributed by atoms with Gasteiger partial charge in [-0.25, -0.2) is 4.79 Å². The second-order valence-electron chi connectivity index (χ2n) is 2.78. The molecule has 0 aliphatic rings. The molecule has 0 aromatic heterocycles. The molecular weight excluding hydrogens is 196 g/mol. The fraction of sp³-hybridized carbons (Fsp3) is 0.200. The number of urea groups is 1. The summed E-state index contributed by atoms with van der Waals surface area (Å²) in [6.45, 7) is 2.43. The Kier molecular flexibility index (Phi) is 3.68. The maximum Gasteiger partial charge on any atom is 0.319 e. The first-order valence-electron chi connectivity index (χ1n) is 4.47. The Morgan fingerprint density at radius 2 is 1.93 bits per heavy atom. The predicted molar refractivity (Wildman–Crippen MR) is 54.7 cm³/mol. The van der Waals surface area contributed by atoms with Crippen LogP contribution in [0.2, 0.25) is 0 Å². The van der Waals surface area contributed by atoms with Gasteiger partial charge in [0.2, 0.25) is 0 Å². The summed E-state index contributed by atoms with van der Waals surface area (Å²) in [5.74, 6) is 0.152. The molecule has 3 N–H and O–H groups in total. The van der Waals surface area contributed by atoms with Crippen LogP contribution in [-0.4, -0.2) is 18.5 Å². The van der Waals surface area contributed by atoms with Crippen molar-refractivity contribution in [2.24, 2.45) is 5.73 Å². The lowest BCUT2D eigenvalue weighted by Crippen LogP contribution is -2.34. The third-order valence-electron chi connectivity index (χ3n) is 1.66. The molecule has 5 nitrogen and oxygen atoms in total. The number of nitrogens with one attached hydrogen (secondary N) is 1. The summed E-state index contributed by atoms with van der Waals surface area (Å²) in [4.78, 5) is 21.7. The van der Waals surface area contributed by atoms with Crippen molar-refractivity contribution in [3.05, 3.63) is 29.8 Å². The average molecular weight is 208 g/mol. The fourth-order valence-corrected chi connectivity index (χ4v) is 1.05. The first-order chi connectivity index (χ1) is 7.13. The van der Waals surface area contributed by atoms with E-state index < -0.39 is 11.9 Å². The van der Waals surface area contributed by atoms with Gasteiger partial charge in [0.15, 0.2) is 0 Å². The highest BCUT2D eigenvalue weighted by Gasteiger charge is 2.06. The van der Waals surface area contributed by atoms with E-state index in [4.69, 9.17) is 10.5 Å². The summed E-state index contributed by atoms with van der Waals surface area (Å²) in [5, 5.41) is 1.97. The molecule has 0 spiro atoms. The standard InChI is InChI=1S/C10H12N2O3/c1-2-15-8-5-3-7(4-6-8)9(13)12-10(11)14/h3-6H,2H2,1H3,(H3,11,12,13,14). The zero-order valence-electron chi connectivity index (χ0n) is 8.32. The van der Waals surface area contributed by atoms with Gasteiger partial charge in [0.1, 0.15) is 5.75 Å². The van der Waals surface area contributed by atoms with Crippen LogP contribution < -0.4 is 15.8 Å². The molecule has 0 atom stereocenters. The fourth-order valence-electron chi connectivity index (χ4n) is 1.05. The SMILES string of the molecule is CCOc1ccc(C(=O)NC(N)=O)cc1. The van der Waals surface area contributed by atoms with Crippen molar-refractivity contribution in [1.29, 1.82) is 0 Å². The Hall–Kier alpha value is -2.04. The van der Waals surface area contributed by atoms with Crippen LogP contribution in [-0.2, 0) is 0 Å². The van der Waals surface area contributed by atoms with E-state index in [2.05, 4.69) is 0 Å². The number of primary amides is 1. The second-order valence-corrected chi connectivity index (χ2v) is 2.78. The van der Waals surface area contributed by atoms with Gasteiger partial charge in [0.05, 0.1) is 6.61 Å². The van der Waals surface area contributed by atoms with Crippen LogP contribution in [0, 0.1) is 0 Å². The van der Waals surface area contributed by atoms with Crippen molar-refractivity contribution >= 4 is 11.9 Å². The molecule has 0 radical (unpaired) electrons. The van der Waals surface area contributed by atoms with E-state index in [0.717, 1.165) is 0 Å².